The molecule has 0 aromatic carbocycles. The van der Waals surface area contributed by atoms with E-state index in [0.717, 1.165) is 17.8 Å². The van der Waals surface area contributed by atoms with Gasteiger partial charge in [-0.15, -0.1) is 0 Å². The number of hydrogen-bond donors (Lipinski definition) is 1. The zero-order valence-electron chi connectivity index (χ0n) is 6.33. The lowest BCUT2D eigenvalue weighted by Crippen LogP contribution is -2.01. The molecule has 2 N–H and O–H groups in total. The highest BCUT2D eigenvalue weighted by molar-refractivity contribution is 6.05. The molecule has 0 unspecified atom stereocenters. The summed E-state index contributed by atoms with van der Waals surface area (Å²) in [6, 6.07) is 1.96. The zero-order chi connectivity index (χ0) is 7.84. The minimum atomic E-state index is 0.598. The van der Waals surface area contributed by atoms with E-state index in [1.807, 2.05) is 13.0 Å². The minimum Gasteiger partial charge on any atom is -0.383 e. The smallest absolute Gasteiger partial charge is 0.132 e. The van der Waals surface area contributed by atoms with Crippen molar-refractivity contribution in [2.45, 2.75) is 13.5 Å². The maximum absolute atomic E-state index is 5.67. The van der Waals surface area contributed by atoms with Gasteiger partial charge in [-0.3, -0.25) is 4.99 Å². The van der Waals surface area contributed by atoms with Crippen molar-refractivity contribution >= 4 is 11.5 Å². The Hall–Kier alpha value is -1.38. The first-order valence-corrected chi connectivity index (χ1v) is 3.54. The summed E-state index contributed by atoms with van der Waals surface area (Å²) in [4.78, 5) is 8.26. The zero-order valence-corrected chi connectivity index (χ0v) is 6.33. The topological polar surface area (TPSA) is 51.3 Å². The SMILES string of the molecule is CC1=NCc2ccnc(N)c21. The van der Waals surface area contributed by atoms with Gasteiger partial charge in [0.05, 0.1) is 6.54 Å². The van der Waals surface area contributed by atoms with E-state index >= 15 is 0 Å². The van der Waals surface area contributed by atoms with Gasteiger partial charge >= 0.3 is 0 Å². The van der Waals surface area contributed by atoms with Crippen molar-refractivity contribution in [2.24, 2.45) is 4.99 Å². The molecule has 11 heavy (non-hydrogen) atoms. The van der Waals surface area contributed by atoms with Gasteiger partial charge in [-0.1, -0.05) is 0 Å². The molecule has 0 radical (unpaired) electrons. The summed E-state index contributed by atoms with van der Waals surface area (Å²) >= 11 is 0. The Morgan fingerprint density at radius 3 is 3.09 bits per heavy atom. The molecule has 0 saturated heterocycles. The van der Waals surface area contributed by atoms with Crippen LogP contribution in [0.5, 0.6) is 0 Å². The summed E-state index contributed by atoms with van der Waals surface area (Å²) in [6.07, 6.45) is 1.72. The van der Waals surface area contributed by atoms with Crippen LogP contribution in [0.3, 0.4) is 0 Å². The number of aliphatic imine (C=N–C) groups is 1. The fourth-order valence-electron chi connectivity index (χ4n) is 1.35. The molecular weight excluding hydrogens is 138 g/mol. The van der Waals surface area contributed by atoms with E-state index in [4.69, 9.17) is 5.73 Å². The molecular formula is C8H9N3. The molecule has 0 fully saturated rings. The van der Waals surface area contributed by atoms with Crippen LogP contribution in [-0.4, -0.2) is 10.7 Å². The number of nitrogens with two attached hydrogens (primary N) is 1. The Kier molecular flexibility index (Phi) is 1.18. The normalized spacial score (nSPS) is 14.5. The number of pyridine rings is 1. The molecule has 1 aliphatic heterocycles. The number of nitrogen functional groups attached to an aromatic ring is 1. The third-order valence-electron chi connectivity index (χ3n) is 1.91. The van der Waals surface area contributed by atoms with Crippen LogP contribution in [0.15, 0.2) is 17.3 Å². The lowest BCUT2D eigenvalue weighted by molar-refractivity contribution is 1.10. The molecule has 3 heteroatoms. The quantitative estimate of drug-likeness (QED) is 0.594. The van der Waals surface area contributed by atoms with Crippen LogP contribution >= 0.6 is 0 Å². The largest absolute Gasteiger partial charge is 0.383 e. The highest BCUT2D eigenvalue weighted by Crippen LogP contribution is 2.21. The Bertz CT molecular complexity index is 328. The van der Waals surface area contributed by atoms with Crippen molar-refractivity contribution in [2.75, 3.05) is 5.73 Å². The van der Waals surface area contributed by atoms with Crippen LogP contribution in [-0.2, 0) is 6.54 Å². The van der Waals surface area contributed by atoms with E-state index in [-0.39, 0.29) is 0 Å². The van der Waals surface area contributed by atoms with Crippen molar-refractivity contribution in [1.82, 2.24) is 4.98 Å². The predicted molar refractivity (Wildman–Crippen MR) is 44.6 cm³/mol. The molecule has 56 valence electrons. The van der Waals surface area contributed by atoms with E-state index in [2.05, 4.69) is 9.98 Å². The molecule has 0 bridgehead atoms. The van der Waals surface area contributed by atoms with Gasteiger partial charge in [-0.25, -0.2) is 4.98 Å². The van der Waals surface area contributed by atoms with Crippen molar-refractivity contribution < 1.29 is 0 Å². The first-order valence-electron chi connectivity index (χ1n) is 3.54. The van der Waals surface area contributed by atoms with Crippen molar-refractivity contribution in [3.8, 4) is 0 Å². The third kappa shape index (κ3) is 0.808. The lowest BCUT2D eigenvalue weighted by Gasteiger charge is -2.00. The highest BCUT2D eigenvalue weighted by atomic mass is 14.9. The summed E-state index contributed by atoms with van der Waals surface area (Å²) in [7, 11) is 0. The van der Waals surface area contributed by atoms with E-state index in [1.165, 1.54) is 5.56 Å². The first-order chi connectivity index (χ1) is 5.29. The second-order valence-corrected chi connectivity index (χ2v) is 2.63. The summed E-state index contributed by atoms with van der Waals surface area (Å²) in [6.45, 7) is 2.72. The van der Waals surface area contributed by atoms with Crippen molar-refractivity contribution in [3.63, 3.8) is 0 Å². The van der Waals surface area contributed by atoms with Gasteiger partial charge in [-0.05, 0) is 18.6 Å². The number of nitrogens with zero attached hydrogens (tertiary/aromatic N) is 2. The fourth-order valence-corrected chi connectivity index (χ4v) is 1.35. The van der Waals surface area contributed by atoms with E-state index in [1.54, 1.807) is 6.20 Å². The Morgan fingerprint density at radius 1 is 1.55 bits per heavy atom. The molecule has 0 amide bonds. The number of aromatic nitrogens is 1. The average molecular weight is 147 g/mol. The third-order valence-corrected chi connectivity index (χ3v) is 1.91. The second-order valence-electron chi connectivity index (χ2n) is 2.63. The Labute approximate surface area is 65.0 Å². The number of anilines is 1. The van der Waals surface area contributed by atoms with Crippen molar-refractivity contribution in [3.05, 3.63) is 23.4 Å². The average Bonchev–Trinajstić information content (AvgIpc) is 2.34. The summed E-state index contributed by atoms with van der Waals surface area (Å²) < 4.78 is 0. The van der Waals surface area contributed by atoms with Crippen molar-refractivity contribution in [1.29, 1.82) is 0 Å². The van der Waals surface area contributed by atoms with E-state index < -0.39 is 0 Å². The minimum absolute atomic E-state index is 0.598. The summed E-state index contributed by atoms with van der Waals surface area (Å²) in [5, 5.41) is 0. The maximum Gasteiger partial charge on any atom is 0.132 e. The highest BCUT2D eigenvalue weighted by Gasteiger charge is 2.14. The molecule has 2 rings (SSSR count). The second kappa shape index (κ2) is 2.05. The molecule has 1 aliphatic rings. The van der Waals surface area contributed by atoms with Crippen LogP contribution in [0.25, 0.3) is 0 Å². The molecule has 3 nitrogen and oxygen atoms in total. The first kappa shape index (κ1) is 6.34. The Balaban J connectivity index is 2.67. The van der Waals surface area contributed by atoms with Gasteiger partial charge in [-0.2, -0.15) is 0 Å². The van der Waals surface area contributed by atoms with Crippen LogP contribution in [0.4, 0.5) is 5.82 Å². The fraction of sp³-hybridized carbons (Fsp3) is 0.250. The van der Waals surface area contributed by atoms with Crippen LogP contribution < -0.4 is 5.73 Å². The Morgan fingerprint density at radius 2 is 2.36 bits per heavy atom. The summed E-state index contributed by atoms with van der Waals surface area (Å²) in [5.74, 6) is 0.598. The molecule has 2 heterocycles. The summed E-state index contributed by atoms with van der Waals surface area (Å²) in [5.41, 5.74) is 8.90. The predicted octanol–water partition coefficient (Wildman–Crippen LogP) is 0.986. The molecule has 1 aromatic rings. The molecule has 0 atom stereocenters. The van der Waals surface area contributed by atoms with Gasteiger partial charge < -0.3 is 5.73 Å². The lowest BCUT2D eigenvalue weighted by atomic mass is 10.1. The molecule has 1 aromatic heterocycles. The number of rotatable bonds is 0. The number of fused-ring (bicyclic) bond motifs is 1. The maximum atomic E-state index is 5.67. The van der Waals surface area contributed by atoms with Crippen LogP contribution in [0, 0.1) is 0 Å². The van der Waals surface area contributed by atoms with E-state index in [0.29, 0.717) is 5.82 Å². The van der Waals surface area contributed by atoms with Crippen LogP contribution in [0.2, 0.25) is 0 Å². The monoisotopic (exact) mass is 147 g/mol. The number of hydrogen-bond acceptors (Lipinski definition) is 3. The van der Waals surface area contributed by atoms with Gasteiger partial charge in [0.2, 0.25) is 0 Å². The van der Waals surface area contributed by atoms with Crippen LogP contribution in [0.1, 0.15) is 18.1 Å². The van der Waals surface area contributed by atoms with E-state index in [9.17, 15) is 0 Å². The van der Waals surface area contributed by atoms with Gasteiger partial charge in [0.1, 0.15) is 5.82 Å². The molecule has 0 saturated carbocycles. The van der Waals surface area contributed by atoms with Gasteiger partial charge in [0, 0.05) is 17.5 Å². The molecule has 0 aliphatic carbocycles. The standard InChI is InChI=1S/C8H9N3/c1-5-7-6(4-11-5)2-3-10-8(7)9/h2-3H,4H2,1H3,(H2,9,10). The molecule has 0 spiro atoms. The van der Waals surface area contributed by atoms with Gasteiger partial charge in [0.25, 0.3) is 0 Å². The van der Waals surface area contributed by atoms with Gasteiger partial charge in [0.15, 0.2) is 0 Å².